The quantitative estimate of drug-likeness (QED) is 0.303. The molecule has 1 aliphatic carbocycles. The molecule has 0 unspecified atom stereocenters. The van der Waals surface area contributed by atoms with Gasteiger partial charge >= 0.3 is 6.03 Å². The third-order valence-electron chi connectivity index (χ3n) is 5.05. The van der Waals surface area contributed by atoms with Crippen molar-refractivity contribution in [1.82, 2.24) is 9.97 Å². The molecule has 1 aromatic carbocycles. The molecule has 2 aromatic heterocycles. The number of pyridine rings is 1. The van der Waals surface area contributed by atoms with Crippen LogP contribution in [0.2, 0.25) is 4.34 Å². The zero-order valence-corrected chi connectivity index (χ0v) is 19.0. The van der Waals surface area contributed by atoms with Crippen LogP contribution in [0.1, 0.15) is 41.7 Å². The molecule has 31 heavy (non-hydrogen) atoms. The molecule has 0 aliphatic heterocycles. The summed E-state index contributed by atoms with van der Waals surface area (Å²) in [5.74, 6) is 0.687. The van der Waals surface area contributed by atoms with E-state index in [2.05, 4.69) is 20.6 Å². The number of thioether (sulfide) groups is 1. The molecule has 6 nitrogen and oxygen atoms in total. The number of aromatic nitrogens is 2. The first-order valence-electron chi connectivity index (χ1n) is 9.99. The van der Waals surface area contributed by atoms with Gasteiger partial charge in [-0.15, -0.1) is 11.8 Å². The lowest BCUT2D eigenvalue weighted by molar-refractivity contribution is 0.0923. The number of nitrogens with zero attached hydrogens (tertiary/aromatic N) is 2. The van der Waals surface area contributed by atoms with Gasteiger partial charge in [0, 0.05) is 28.3 Å². The van der Waals surface area contributed by atoms with Gasteiger partial charge in [0.15, 0.2) is 10.9 Å². The van der Waals surface area contributed by atoms with Gasteiger partial charge in [-0.25, -0.2) is 9.78 Å². The number of thiazole rings is 1. The molecular formula is C22H21ClN4O2S2. The van der Waals surface area contributed by atoms with Gasteiger partial charge in [0.2, 0.25) is 0 Å². The zero-order chi connectivity index (χ0) is 21.6. The summed E-state index contributed by atoms with van der Waals surface area (Å²) in [5.41, 5.74) is 1.61. The Morgan fingerprint density at radius 3 is 2.68 bits per heavy atom. The fourth-order valence-corrected chi connectivity index (χ4v) is 5.58. The molecule has 0 saturated heterocycles. The zero-order valence-electron chi connectivity index (χ0n) is 16.6. The Labute approximate surface area is 193 Å². The molecular weight excluding hydrogens is 452 g/mol. The van der Waals surface area contributed by atoms with E-state index >= 15 is 0 Å². The Morgan fingerprint density at radius 1 is 1.13 bits per heavy atom. The molecule has 0 spiro atoms. The molecule has 160 valence electrons. The number of carbonyl (C=O) groups excluding carboxylic acids is 2. The first kappa shape index (κ1) is 21.8. The molecule has 1 fully saturated rings. The van der Waals surface area contributed by atoms with E-state index in [0.29, 0.717) is 32.2 Å². The van der Waals surface area contributed by atoms with Gasteiger partial charge in [0.1, 0.15) is 4.34 Å². The third kappa shape index (κ3) is 5.64. The number of hydrogen-bond donors (Lipinski definition) is 2. The Kier molecular flexibility index (Phi) is 7.21. The molecule has 0 radical (unpaired) electrons. The van der Waals surface area contributed by atoms with E-state index < -0.39 is 6.03 Å². The van der Waals surface area contributed by atoms with Gasteiger partial charge in [-0.3, -0.25) is 15.1 Å². The van der Waals surface area contributed by atoms with Gasteiger partial charge in [-0.1, -0.05) is 54.0 Å². The number of ketones is 1. The predicted octanol–water partition coefficient (Wildman–Crippen LogP) is 6.50. The second-order valence-corrected chi connectivity index (χ2v) is 9.84. The van der Waals surface area contributed by atoms with E-state index in [1.807, 2.05) is 30.3 Å². The van der Waals surface area contributed by atoms with E-state index in [4.69, 9.17) is 11.6 Å². The smallest absolute Gasteiger partial charge is 0.305 e. The molecule has 0 bridgehead atoms. The average molecular weight is 473 g/mol. The van der Waals surface area contributed by atoms with Crippen molar-refractivity contribution in [3.63, 3.8) is 0 Å². The van der Waals surface area contributed by atoms with Crippen molar-refractivity contribution >= 4 is 57.3 Å². The first-order chi connectivity index (χ1) is 15.1. The number of amides is 2. The van der Waals surface area contributed by atoms with Crippen LogP contribution in [0.25, 0.3) is 0 Å². The van der Waals surface area contributed by atoms with Crippen LogP contribution >= 0.6 is 34.7 Å². The van der Waals surface area contributed by atoms with E-state index in [9.17, 15) is 9.59 Å². The summed E-state index contributed by atoms with van der Waals surface area (Å²) in [6.45, 7) is 0. The highest BCUT2D eigenvalue weighted by Gasteiger charge is 2.26. The van der Waals surface area contributed by atoms with Crippen molar-refractivity contribution in [2.45, 2.75) is 36.3 Å². The predicted molar refractivity (Wildman–Crippen MR) is 126 cm³/mol. The standard InChI is InChI=1S/C22H21ClN4O2S2/c23-20-18(13-30-15-8-2-1-3-9-15)26-22(31-20)27-21(29)25-17-12-24-11-10-16(17)19(28)14-6-4-5-7-14/h1-3,8-12,14H,4-7,13H2,(H2,25,26,27,29). The third-order valence-corrected chi connectivity index (χ3v) is 7.32. The summed E-state index contributed by atoms with van der Waals surface area (Å²) >= 11 is 9.14. The van der Waals surface area contributed by atoms with Crippen LogP contribution < -0.4 is 10.6 Å². The molecule has 2 amide bonds. The lowest BCUT2D eigenvalue weighted by Gasteiger charge is -2.13. The van der Waals surface area contributed by atoms with Gasteiger partial charge in [-0.2, -0.15) is 0 Å². The van der Waals surface area contributed by atoms with E-state index in [1.54, 1.807) is 24.0 Å². The lowest BCUT2D eigenvalue weighted by Crippen LogP contribution is -2.22. The second-order valence-electron chi connectivity index (χ2n) is 7.19. The fraction of sp³-hybridized carbons (Fsp3) is 0.273. The maximum Gasteiger partial charge on any atom is 0.325 e. The van der Waals surface area contributed by atoms with E-state index in [0.717, 1.165) is 30.6 Å². The highest BCUT2D eigenvalue weighted by molar-refractivity contribution is 7.98. The van der Waals surface area contributed by atoms with Gasteiger partial charge < -0.3 is 5.32 Å². The summed E-state index contributed by atoms with van der Waals surface area (Å²) in [6.07, 6.45) is 7.00. The number of carbonyl (C=O) groups is 2. The highest BCUT2D eigenvalue weighted by atomic mass is 35.5. The van der Waals surface area contributed by atoms with Crippen LogP contribution in [0, 0.1) is 5.92 Å². The highest BCUT2D eigenvalue weighted by Crippen LogP contribution is 2.33. The largest absolute Gasteiger partial charge is 0.325 e. The van der Waals surface area contributed by atoms with Crippen LogP contribution in [0.5, 0.6) is 0 Å². The summed E-state index contributed by atoms with van der Waals surface area (Å²) in [5, 5.41) is 5.85. The SMILES string of the molecule is O=C(Nc1nc(CSc2ccccc2)c(Cl)s1)Nc1cnccc1C(=O)C1CCCC1. The topological polar surface area (TPSA) is 84.0 Å². The van der Waals surface area contributed by atoms with Crippen LogP contribution in [0.3, 0.4) is 0 Å². The van der Waals surface area contributed by atoms with Gasteiger partial charge in [0.25, 0.3) is 0 Å². The van der Waals surface area contributed by atoms with Gasteiger partial charge in [-0.05, 0) is 31.0 Å². The Morgan fingerprint density at radius 2 is 1.90 bits per heavy atom. The van der Waals surface area contributed by atoms with E-state index in [-0.39, 0.29) is 11.7 Å². The molecule has 3 aromatic rings. The lowest BCUT2D eigenvalue weighted by atomic mass is 9.96. The number of Topliss-reactive ketones (excluding diaryl/α,β-unsaturated/α-hetero) is 1. The normalized spacial score (nSPS) is 13.8. The molecule has 0 atom stereocenters. The summed E-state index contributed by atoms with van der Waals surface area (Å²) in [7, 11) is 0. The number of halogens is 1. The van der Waals surface area contributed by atoms with Crippen molar-refractivity contribution < 1.29 is 9.59 Å². The van der Waals surface area contributed by atoms with Crippen molar-refractivity contribution in [1.29, 1.82) is 0 Å². The van der Waals surface area contributed by atoms with Crippen molar-refractivity contribution in [3.05, 3.63) is 64.4 Å². The molecule has 4 rings (SSSR count). The Hall–Kier alpha value is -2.42. The Bertz CT molecular complexity index is 1070. The van der Waals surface area contributed by atoms with Crippen LogP contribution in [0.4, 0.5) is 15.6 Å². The minimum atomic E-state index is -0.485. The van der Waals surface area contributed by atoms with Gasteiger partial charge in [0.05, 0.1) is 17.6 Å². The number of benzene rings is 1. The maximum atomic E-state index is 12.8. The average Bonchev–Trinajstić information content (AvgIpc) is 3.43. The van der Waals surface area contributed by atoms with Crippen LogP contribution in [0.15, 0.2) is 53.7 Å². The molecule has 2 N–H and O–H groups in total. The number of nitrogens with one attached hydrogen (secondary N) is 2. The van der Waals surface area contributed by atoms with Crippen molar-refractivity contribution in [2.24, 2.45) is 5.92 Å². The number of rotatable bonds is 7. The first-order valence-corrected chi connectivity index (χ1v) is 12.2. The molecule has 9 heteroatoms. The minimum absolute atomic E-state index is 0.0217. The number of hydrogen-bond acceptors (Lipinski definition) is 6. The maximum absolute atomic E-state index is 12.8. The van der Waals surface area contributed by atoms with Crippen LogP contribution in [-0.2, 0) is 5.75 Å². The summed E-state index contributed by atoms with van der Waals surface area (Å²) in [4.78, 5) is 35.0. The van der Waals surface area contributed by atoms with Crippen LogP contribution in [-0.4, -0.2) is 21.8 Å². The van der Waals surface area contributed by atoms with Crippen molar-refractivity contribution in [3.8, 4) is 0 Å². The fourth-order valence-electron chi connectivity index (χ4n) is 3.51. The Balaban J connectivity index is 1.39. The van der Waals surface area contributed by atoms with E-state index in [1.165, 1.54) is 17.5 Å². The minimum Gasteiger partial charge on any atom is -0.305 e. The summed E-state index contributed by atoms with van der Waals surface area (Å²) < 4.78 is 0.539. The molecule has 1 aliphatic rings. The molecule has 2 heterocycles. The monoisotopic (exact) mass is 472 g/mol. The molecule has 1 saturated carbocycles. The summed E-state index contributed by atoms with van der Waals surface area (Å²) in [6, 6.07) is 11.1. The second kappa shape index (κ2) is 10.3. The van der Waals surface area contributed by atoms with Crippen molar-refractivity contribution in [2.75, 3.05) is 10.6 Å². The number of anilines is 2. The number of urea groups is 1.